The number of aromatic nitrogens is 2. The van der Waals surface area contributed by atoms with Crippen LogP contribution in [0.5, 0.6) is 0 Å². The van der Waals surface area contributed by atoms with Crippen LogP contribution in [0.4, 0.5) is 5.69 Å². The van der Waals surface area contributed by atoms with Gasteiger partial charge in [-0.3, -0.25) is 9.48 Å². The van der Waals surface area contributed by atoms with Crippen molar-refractivity contribution in [3.8, 4) is 0 Å². The van der Waals surface area contributed by atoms with E-state index >= 15 is 0 Å². The maximum atomic E-state index is 12.4. The van der Waals surface area contributed by atoms with Crippen LogP contribution < -0.4 is 5.32 Å². The van der Waals surface area contributed by atoms with Crippen molar-refractivity contribution in [2.75, 3.05) is 5.32 Å². The van der Waals surface area contributed by atoms with Crippen molar-refractivity contribution in [1.29, 1.82) is 0 Å². The Morgan fingerprint density at radius 1 is 1.17 bits per heavy atom. The smallest absolute Gasteiger partial charge is 0.276 e. The number of aryl methyl sites for hydroxylation is 2. The number of nitrogens with one attached hydrogen (secondary N) is 1. The maximum absolute atomic E-state index is 12.4. The molecular formula is C18H16ClN3OS. The highest BCUT2D eigenvalue weighted by Gasteiger charge is 2.13. The van der Waals surface area contributed by atoms with Crippen LogP contribution >= 0.6 is 23.4 Å². The Morgan fingerprint density at radius 2 is 1.88 bits per heavy atom. The van der Waals surface area contributed by atoms with Gasteiger partial charge in [0.05, 0.1) is 5.69 Å². The van der Waals surface area contributed by atoms with E-state index in [4.69, 9.17) is 11.6 Å². The summed E-state index contributed by atoms with van der Waals surface area (Å²) in [7, 11) is 1.82. The standard InChI is InChI=1S/C18H16ClN3OS/c1-12-11-16(21-22(12)2)18(23)20-15-5-3-4-6-17(15)24-14-9-7-13(19)8-10-14/h3-11H,1-2H3,(H,20,23). The maximum Gasteiger partial charge on any atom is 0.276 e. The third-order valence-electron chi connectivity index (χ3n) is 3.52. The number of para-hydroxylation sites is 1. The molecule has 0 aliphatic heterocycles. The lowest BCUT2D eigenvalue weighted by Crippen LogP contribution is -2.13. The highest BCUT2D eigenvalue weighted by Crippen LogP contribution is 2.34. The van der Waals surface area contributed by atoms with Gasteiger partial charge in [-0.05, 0) is 49.4 Å². The Balaban J connectivity index is 1.81. The number of carbonyl (C=O) groups excluding carboxylic acids is 1. The molecule has 24 heavy (non-hydrogen) atoms. The lowest BCUT2D eigenvalue weighted by Gasteiger charge is -2.10. The molecule has 0 bridgehead atoms. The summed E-state index contributed by atoms with van der Waals surface area (Å²) in [6, 6.07) is 17.1. The summed E-state index contributed by atoms with van der Waals surface area (Å²) < 4.78 is 1.68. The first-order valence-corrected chi connectivity index (χ1v) is 8.57. The molecule has 0 aliphatic rings. The van der Waals surface area contributed by atoms with E-state index in [0.29, 0.717) is 10.7 Å². The van der Waals surface area contributed by atoms with Gasteiger partial charge >= 0.3 is 0 Å². The van der Waals surface area contributed by atoms with Crippen LogP contribution in [0.25, 0.3) is 0 Å². The number of carbonyl (C=O) groups is 1. The van der Waals surface area contributed by atoms with Gasteiger partial charge in [0.1, 0.15) is 0 Å². The van der Waals surface area contributed by atoms with Gasteiger partial charge in [0.15, 0.2) is 5.69 Å². The number of anilines is 1. The van der Waals surface area contributed by atoms with E-state index in [1.807, 2.05) is 62.5 Å². The molecule has 1 heterocycles. The Hall–Kier alpha value is -2.24. The highest BCUT2D eigenvalue weighted by molar-refractivity contribution is 7.99. The number of rotatable bonds is 4. The zero-order valence-electron chi connectivity index (χ0n) is 13.3. The second-order valence-corrected chi connectivity index (χ2v) is 6.85. The van der Waals surface area contributed by atoms with Crippen LogP contribution in [0.1, 0.15) is 16.2 Å². The van der Waals surface area contributed by atoms with Crippen LogP contribution in [-0.4, -0.2) is 15.7 Å². The predicted molar refractivity (Wildman–Crippen MR) is 97.9 cm³/mol. The van der Waals surface area contributed by atoms with Crippen LogP contribution in [0.15, 0.2) is 64.4 Å². The van der Waals surface area contributed by atoms with Gasteiger partial charge in [0.25, 0.3) is 5.91 Å². The molecule has 1 aromatic heterocycles. The van der Waals surface area contributed by atoms with Crippen LogP contribution in [-0.2, 0) is 7.05 Å². The van der Waals surface area contributed by atoms with Gasteiger partial charge < -0.3 is 5.32 Å². The van der Waals surface area contributed by atoms with Crippen molar-refractivity contribution in [3.63, 3.8) is 0 Å². The van der Waals surface area contributed by atoms with Crippen LogP contribution in [0.2, 0.25) is 5.02 Å². The third kappa shape index (κ3) is 3.80. The van der Waals surface area contributed by atoms with E-state index in [0.717, 1.165) is 21.2 Å². The molecule has 2 aromatic carbocycles. The second-order valence-electron chi connectivity index (χ2n) is 5.30. The van der Waals surface area contributed by atoms with E-state index in [2.05, 4.69) is 10.4 Å². The van der Waals surface area contributed by atoms with Crippen molar-refractivity contribution in [3.05, 3.63) is 71.0 Å². The van der Waals surface area contributed by atoms with Crippen molar-refractivity contribution in [1.82, 2.24) is 9.78 Å². The summed E-state index contributed by atoms with van der Waals surface area (Å²) >= 11 is 7.49. The molecule has 0 atom stereocenters. The second kappa shape index (κ2) is 7.11. The topological polar surface area (TPSA) is 46.9 Å². The molecule has 0 saturated heterocycles. The minimum atomic E-state index is -0.220. The molecule has 4 nitrogen and oxygen atoms in total. The van der Waals surface area contributed by atoms with Crippen LogP contribution in [0, 0.1) is 6.92 Å². The molecular weight excluding hydrogens is 342 g/mol. The summed E-state index contributed by atoms with van der Waals surface area (Å²) in [6.07, 6.45) is 0. The van der Waals surface area contributed by atoms with E-state index in [1.54, 1.807) is 22.5 Å². The van der Waals surface area contributed by atoms with Crippen LogP contribution in [0.3, 0.4) is 0 Å². The number of benzene rings is 2. The summed E-state index contributed by atoms with van der Waals surface area (Å²) in [5.74, 6) is -0.220. The van der Waals surface area contributed by atoms with Gasteiger partial charge in [-0.25, -0.2) is 0 Å². The molecule has 1 N–H and O–H groups in total. The fourth-order valence-corrected chi connectivity index (χ4v) is 3.17. The van der Waals surface area contributed by atoms with Gasteiger partial charge in [-0.2, -0.15) is 5.10 Å². The minimum absolute atomic E-state index is 0.220. The zero-order valence-corrected chi connectivity index (χ0v) is 14.9. The SMILES string of the molecule is Cc1cc(C(=O)Nc2ccccc2Sc2ccc(Cl)cc2)nn1C. The molecule has 0 saturated carbocycles. The molecule has 3 aromatic rings. The molecule has 0 spiro atoms. The Bertz CT molecular complexity index is 855. The molecule has 0 aliphatic carbocycles. The number of hydrogen-bond acceptors (Lipinski definition) is 3. The number of nitrogens with zero attached hydrogens (tertiary/aromatic N) is 2. The first-order valence-electron chi connectivity index (χ1n) is 7.37. The fourth-order valence-electron chi connectivity index (χ4n) is 2.15. The average molecular weight is 358 g/mol. The number of hydrogen-bond donors (Lipinski definition) is 1. The van der Waals surface area contributed by atoms with Gasteiger partial charge in [-0.1, -0.05) is 35.5 Å². The Labute approximate surface area is 149 Å². The molecule has 6 heteroatoms. The molecule has 0 unspecified atom stereocenters. The van der Waals surface area contributed by atoms with Crippen molar-refractivity contribution in [2.45, 2.75) is 16.7 Å². The molecule has 0 fully saturated rings. The number of amides is 1. The quantitative estimate of drug-likeness (QED) is 0.730. The monoisotopic (exact) mass is 357 g/mol. The fraction of sp³-hybridized carbons (Fsp3) is 0.111. The first-order chi connectivity index (χ1) is 11.5. The van der Waals surface area contributed by atoms with E-state index < -0.39 is 0 Å². The molecule has 1 amide bonds. The molecule has 3 rings (SSSR count). The normalized spacial score (nSPS) is 10.6. The number of halogens is 1. The molecule has 122 valence electrons. The minimum Gasteiger partial charge on any atom is -0.320 e. The largest absolute Gasteiger partial charge is 0.320 e. The van der Waals surface area contributed by atoms with Crippen molar-refractivity contribution in [2.24, 2.45) is 7.05 Å². The third-order valence-corrected chi connectivity index (χ3v) is 4.86. The molecule has 0 radical (unpaired) electrons. The van der Waals surface area contributed by atoms with E-state index in [9.17, 15) is 4.79 Å². The lowest BCUT2D eigenvalue weighted by atomic mass is 10.3. The zero-order chi connectivity index (χ0) is 17.1. The average Bonchev–Trinajstić information content (AvgIpc) is 2.91. The summed E-state index contributed by atoms with van der Waals surface area (Å²) in [5, 5.41) is 7.85. The predicted octanol–water partition coefficient (Wildman–Crippen LogP) is 4.79. The van der Waals surface area contributed by atoms with Crippen molar-refractivity contribution < 1.29 is 4.79 Å². The van der Waals surface area contributed by atoms with E-state index in [1.165, 1.54) is 0 Å². The Morgan fingerprint density at radius 3 is 2.54 bits per heavy atom. The highest BCUT2D eigenvalue weighted by atomic mass is 35.5. The van der Waals surface area contributed by atoms with Gasteiger partial charge in [0.2, 0.25) is 0 Å². The van der Waals surface area contributed by atoms with Gasteiger partial charge in [-0.15, -0.1) is 0 Å². The first kappa shape index (κ1) is 16.6. The Kier molecular flexibility index (Phi) is 4.92. The van der Waals surface area contributed by atoms with Gasteiger partial charge in [0, 0.05) is 27.6 Å². The van der Waals surface area contributed by atoms with Crippen molar-refractivity contribution >= 4 is 35.0 Å². The summed E-state index contributed by atoms with van der Waals surface area (Å²) in [4.78, 5) is 14.4. The van der Waals surface area contributed by atoms with E-state index in [-0.39, 0.29) is 5.91 Å². The summed E-state index contributed by atoms with van der Waals surface area (Å²) in [5.41, 5.74) is 2.09. The summed E-state index contributed by atoms with van der Waals surface area (Å²) in [6.45, 7) is 1.91. The lowest BCUT2D eigenvalue weighted by molar-refractivity contribution is 0.102.